The van der Waals surface area contributed by atoms with Crippen molar-refractivity contribution in [3.05, 3.63) is 41.0 Å². The predicted octanol–water partition coefficient (Wildman–Crippen LogP) is 2.51. The Labute approximate surface area is 151 Å². The molecule has 2 aliphatic rings. The third-order valence-corrected chi connectivity index (χ3v) is 5.55. The normalized spacial score (nSPS) is 18.0. The first kappa shape index (κ1) is 15.8. The first-order valence-corrected chi connectivity index (χ1v) is 9.24. The summed E-state index contributed by atoms with van der Waals surface area (Å²) in [4.78, 5) is 9.08. The second kappa shape index (κ2) is 6.09. The molecule has 136 valence electrons. The van der Waals surface area contributed by atoms with E-state index in [2.05, 4.69) is 26.5 Å². The first-order chi connectivity index (χ1) is 12.7. The van der Waals surface area contributed by atoms with Crippen LogP contribution >= 0.6 is 0 Å². The van der Waals surface area contributed by atoms with Crippen LogP contribution in [0.3, 0.4) is 0 Å². The van der Waals surface area contributed by atoms with Crippen LogP contribution in [0.2, 0.25) is 0 Å². The highest BCUT2D eigenvalue weighted by Gasteiger charge is 2.25. The van der Waals surface area contributed by atoms with Crippen LogP contribution in [0.15, 0.2) is 22.6 Å². The van der Waals surface area contributed by atoms with E-state index < -0.39 is 0 Å². The Balaban J connectivity index is 1.26. The van der Waals surface area contributed by atoms with Crippen LogP contribution in [-0.2, 0) is 26.4 Å². The standard InChI is InChI=1S/C19H22FN5O/c1-23-17-4-2-3-14(17)16(22-23)12-24-7-9-25(10-8-24)19-21-15-6-5-13(20)11-18(15)26-19/h5-6,11H,2-4,7-10,12H2,1H3. The lowest BCUT2D eigenvalue weighted by Gasteiger charge is -2.33. The van der Waals surface area contributed by atoms with Crippen LogP contribution in [-0.4, -0.2) is 45.8 Å². The molecule has 6 nitrogen and oxygen atoms in total. The smallest absolute Gasteiger partial charge is 0.298 e. The maximum absolute atomic E-state index is 13.3. The van der Waals surface area contributed by atoms with Gasteiger partial charge in [0.1, 0.15) is 11.3 Å². The number of nitrogens with zero attached hydrogens (tertiary/aromatic N) is 5. The van der Waals surface area contributed by atoms with Crippen LogP contribution in [0.1, 0.15) is 23.4 Å². The molecule has 3 heterocycles. The SMILES string of the molecule is Cn1nc(CN2CCN(c3nc4ccc(F)cc4o3)CC2)c2c1CCC2. The van der Waals surface area contributed by atoms with Gasteiger partial charge in [-0.3, -0.25) is 9.58 Å². The zero-order valence-electron chi connectivity index (χ0n) is 14.9. The Morgan fingerprint density at radius 2 is 2.00 bits per heavy atom. The minimum absolute atomic E-state index is 0.298. The number of hydrogen-bond acceptors (Lipinski definition) is 5. The number of benzene rings is 1. The van der Waals surface area contributed by atoms with Crippen molar-refractivity contribution in [3.8, 4) is 0 Å². The van der Waals surface area contributed by atoms with Crippen molar-refractivity contribution in [3.63, 3.8) is 0 Å². The lowest BCUT2D eigenvalue weighted by molar-refractivity contribution is 0.241. The summed E-state index contributed by atoms with van der Waals surface area (Å²) in [6.07, 6.45) is 3.57. The van der Waals surface area contributed by atoms with Gasteiger partial charge in [-0.25, -0.2) is 4.39 Å². The van der Waals surface area contributed by atoms with Gasteiger partial charge in [-0.05, 0) is 37.0 Å². The van der Waals surface area contributed by atoms with Crippen molar-refractivity contribution in [1.29, 1.82) is 0 Å². The second-order valence-electron chi connectivity index (χ2n) is 7.22. The van der Waals surface area contributed by atoms with E-state index in [1.165, 1.54) is 35.5 Å². The van der Waals surface area contributed by atoms with E-state index in [4.69, 9.17) is 9.52 Å². The van der Waals surface area contributed by atoms with Gasteiger partial charge in [-0.1, -0.05) is 0 Å². The first-order valence-electron chi connectivity index (χ1n) is 9.24. The fraction of sp³-hybridized carbons (Fsp3) is 0.474. The largest absolute Gasteiger partial charge is 0.423 e. The highest BCUT2D eigenvalue weighted by atomic mass is 19.1. The van der Waals surface area contributed by atoms with Crippen molar-refractivity contribution in [2.24, 2.45) is 7.05 Å². The molecule has 0 amide bonds. The number of rotatable bonds is 3. The Morgan fingerprint density at radius 1 is 1.15 bits per heavy atom. The molecule has 0 bridgehead atoms. The summed E-state index contributed by atoms with van der Waals surface area (Å²) in [5.74, 6) is -0.298. The molecule has 3 aromatic rings. The summed E-state index contributed by atoms with van der Waals surface area (Å²) in [6.45, 7) is 4.50. The molecule has 1 fully saturated rings. The van der Waals surface area contributed by atoms with Gasteiger partial charge in [0, 0.05) is 51.5 Å². The van der Waals surface area contributed by atoms with Gasteiger partial charge in [0.25, 0.3) is 6.01 Å². The zero-order chi connectivity index (χ0) is 17.7. The van der Waals surface area contributed by atoms with Gasteiger partial charge < -0.3 is 9.32 Å². The molecule has 1 aromatic carbocycles. The lowest BCUT2D eigenvalue weighted by atomic mass is 10.2. The fourth-order valence-electron chi connectivity index (χ4n) is 4.16. The number of fused-ring (bicyclic) bond motifs is 2. The molecule has 0 saturated carbocycles. The van der Waals surface area contributed by atoms with E-state index in [9.17, 15) is 4.39 Å². The van der Waals surface area contributed by atoms with Gasteiger partial charge in [-0.2, -0.15) is 10.1 Å². The van der Waals surface area contributed by atoms with Gasteiger partial charge in [0.2, 0.25) is 0 Å². The molecule has 26 heavy (non-hydrogen) atoms. The summed E-state index contributed by atoms with van der Waals surface area (Å²) in [6, 6.07) is 5.06. The number of halogens is 1. The number of piperazine rings is 1. The summed E-state index contributed by atoms with van der Waals surface area (Å²) in [5.41, 5.74) is 5.33. The van der Waals surface area contributed by atoms with Crippen LogP contribution in [0.5, 0.6) is 0 Å². The average molecular weight is 355 g/mol. The van der Waals surface area contributed by atoms with E-state index in [1.54, 1.807) is 6.07 Å². The van der Waals surface area contributed by atoms with Gasteiger partial charge >= 0.3 is 0 Å². The van der Waals surface area contributed by atoms with E-state index >= 15 is 0 Å². The molecule has 0 radical (unpaired) electrons. The van der Waals surface area contributed by atoms with Crippen molar-refractivity contribution in [1.82, 2.24) is 19.7 Å². The van der Waals surface area contributed by atoms with Crippen LogP contribution in [0.25, 0.3) is 11.1 Å². The number of hydrogen-bond donors (Lipinski definition) is 0. The molecule has 5 rings (SSSR count). The van der Waals surface area contributed by atoms with Crippen molar-refractivity contribution < 1.29 is 8.81 Å². The molecule has 0 unspecified atom stereocenters. The maximum Gasteiger partial charge on any atom is 0.298 e. The van der Waals surface area contributed by atoms with Gasteiger partial charge in [0.15, 0.2) is 5.58 Å². The summed E-state index contributed by atoms with van der Waals surface area (Å²) in [5, 5.41) is 4.74. The number of aryl methyl sites for hydroxylation is 1. The summed E-state index contributed by atoms with van der Waals surface area (Å²) >= 11 is 0. The third-order valence-electron chi connectivity index (χ3n) is 5.55. The summed E-state index contributed by atoms with van der Waals surface area (Å²) in [7, 11) is 2.06. The highest BCUT2D eigenvalue weighted by molar-refractivity contribution is 5.74. The van der Waals surface area contributed by atoms with Crippen LogP contribution < -0.4 is 4.90 Å². The number of aromatic nitrogens is 3. The van der Waals surface area contributed by atoms with E-state index in [0.29, 0.717) is 17.1 Å². The Kier molecular flexibility index (Phi) is 3.70. The zero-order valence-corrected chi connectivity index (χ0v) is 14.9. The Bertz CT molecular complexity index is 954. The monoisotopic (exact) mass is 355 g/mol. The summed E-state index contributed by atoms with van der Waals surface area (Å²) < 4.78 is 21.1. The molecule has 1 saturated heterocycles. The molecule has 1 aliphatic heterocycles. The van der Waals surface area contributed by atoms with Crippen molar-refractivity contribution in [2.45, 2.75) is 25.8 Å². The molecule has 2 aromatic heterocycles. The minimum atomic E-state index is -0.298. The Hall–Kier alpha value is -2.41. The van der Waals surface area contributed by atoms with Crippen molar-refractivity contribution >= 4 is 17.1 Å². The van der Waals surface area contributed by atoms with Gasteiger partial charge in [-0.15, -0.1) is 0 Å². The number of anilines is 1. The highest BCUT2D eigenvalue weighted by Crippen LogP contribution is 2.27. The minimum Gasteiger partial charge on any atom is -0.423 e. The predicted molar refractivity (Wildman–Crippen MR) is 96.7 cm³/mol. The second-order valence-corrected chi connectivity index (χ2v) is 7.22. The molecule has 0 N–H and O–H groups in total. The van der Waals surface area contributed by atoms with E-state index in [1.807, 2.05) is 0 Å². The lowest BCUT2D eigenvalue weighted by Crippen LogP contribution is -2.46. The molecule has 0 atom stereocenters. The van der Waals surface area contributed by atoms with E-state index in [0.717, 1.165) is 45.6 Å². The molecular formula is C19H22FN5O. The fourth-order valence-corrected chi connectivity index (χ4v) is 4.16. The van der Waals surface area contributed by atoms with Gasteiger partial charge in [0.05, 0.1) is 5.69 Å². The quantitative estimate of drug-likeness (QED) is 0.723. The Morgan fingerprint density at radius 3 is 2.85 bits per heavy atom. The average Bonchev–Trinajstić information content (AvgIpc) is 3.33. The molecular weight excluding hydrogens is 333 g/mol. The topological polar surface area (TPSA) is 50.3 Å². The van der Waals surface area contributed by atoms with Crippen LogP contribution in [0.4, 0.5) is 10.4 Å². The van der Waals surface area contributed by atoms with E-state index in [-0.39, 0.29) is 5.82 Å². The molecule has 1 aliphatic carbocycles. The molecule has 0 spiro atoms. The molecule has 7 heteroatoms. The number of oxazole rings is 1. The third kappa shape index (κ3) is 2.67. The van der Waals surface area contributed by atoms with Crippen molar-refractivity contribution in [2.75, 3.05) is 31.1 Å². The van der Waals surface area contributed by atoms with Crippen LogP contribution in [0, 0.1) is 5.82 Å². The maximum atomic E-state index is 13.3.